The van der Waals surface area contributed by atoms with E-state index in [1.54, 1.807) is 0 Å². The molecule has 1 saturated carbocycles. The third-order valence-corrected chi connectivity index (χ3v) is 6.01. The lowest BCUT2D eigenvalue weighted by Gasteiger charge is -2.32. The third-order valence-electron chi connectivity index (χ3n) is 6.01. The zero-order valence-corrected chi connectivity index (χ0v) is 19.2. The molecule has 14 heteroatoms. The molecule has 3 heterocycles. The highest BCUT2D eigenvalue weighted by atomic mass is 19.4. The van der Waals surface area contributed by atoms with Gasteiger partial charge in [-0.3, -0.25) is 4.79 Å². The maximum Gasteiger partial charge on any atom is 0.405 e. The second kappa shape index (κ2) is 10.8. The Labute approximate surface area is 204 Å². The molecule has 2 aromatic rings. The molecule has 2 aliphatic rings. The summed E-state index contributed by atoms with van der Waals surface area (Å²) in [6.45, 7) is 0.296. The number of nitrogens with two attached hydrogens (primary N) is 1. The van der Waals surface area contributed by atoms with Crippen molar-refractivity contribution < 1.29 is 27.4 Å². The average molecular weight is 506 g/mol. The minimum Gasteiger partial charge on any atom is -0.488 e. The van der Waals surface area contributed by atoms with Gasteiger partial charge in [-0.1, -0.05) is 0 Å². The number of carbonyl (C=O) groups is 1. The summed E-state index contributed by atoms with van der Waals surface area (Å²) in [6, 6.07) is 3.39. The number of aromatic nitrogens is 4. The number of hydrogen-bond acceptors (Lipinski definition) is 10. The molecular weight excluding hydrogens is 481 g/mol. The molecule has 0 radical (unpaired) electrons. The summed E-state index contributed by atoms with van der Waals surface area (Å²) in [6.07, 6.45) is 0.482. The number of carbonyl (C=O) groups excluding carboxylic acids is 1. The van der Waals surface area contributed by atoms with Crippen molar-refractivity contribution in [2.45, 2.75) is 25.4 Å². The number of nitriles is 1. The standard InChI is InChI=1S/C22H25F3N8O3/c23-22(24,25)11-29-20(34)16-6-18(32-21(31-16)36-10-15-5-14(15)7-26)33-3-1-13(2-4-33)9-35-17-8-28-12-30-19(17)27/h6,8,12-15H,1-5,9-11H2,(H,29,34)(H2,27,28,30)/t14-,15+/m0/s1. The lowest BCUT2D eigenvalue weighted by atomic mass is 9.98. The van der Waals surface area contributed by atoms with Crippen molar-refractivity contribution in [1.82, 2.24) is 25.3 Å². The fourth-order valence-corrected chi connectivity index (χ4v) is 3.77. The summed E-state index contributed by atoms with van der Waals surface area (Å²) in [5.41, 5.74) is 5.55. The van der Waals surface area contributed by atoms with Crippen molar-refractivity contribution in [2.24, 2.45) is 17.8 Å². The normalized spacial score (nSPS) is 19.9. The van der Waals surface area contributed by atoms with Crippen LogP contribution >= 0.6 is 0 Å². The number of alkyl halides is 3. The van der Waals surface area contributed by atoms with Gasteiger partial charge in [-0.2, -0.15) is 28.4 Å². The molecule has 1 saturated heterocycles. The first-order chi connectivity index (χ1) is 17.2. The molecule has 2 fully saturated rings. The minimum atomic E-state index is -4.55. The Balaban J connectivity index is 1.40. The molecule has 0 aromatic carbocycles. The van der Waals surface area contributed by atoms with Crippen LogP contribution in [0.4, 0.5) is 24.8 Å². The van der Waals surface area contributed by atoms with E-state index < -0.39 is 18.6 Å². The molecule has 1 amide bonds. The smallest absolute Gasteiger partial charge is 0.405 e. The molecule has 1 aliphatic heterocycles. The summed E-state index contributed by atoms with van der Waals surface area (Å²) >= 11 is 0. The Bertz CT molecular complexity index is 1120. The summed E-state index contributed by atoms with van der Waals surface area (Å²) in [4.78, 5) is 30.4. The topological polar surface area (TPSA) is 152 Å². The van der Waals surface area contributed by atoms with Gasteiger partial charge in [-0.25, -0.2) is 9.97 Å². The van der Waals surface area contributed by atoms with Gasteiger partial charge in [0.05, 0.1) is 31.4 Å². The van der Waals surface area contributed by atoms with Crippen molar-refractivity contribution >= 4 is 17.5 Å². The summed E-state index contributed by atoms with van der Waals surface area (Å²) in [5.74, 6) is 0.260. The van der Waals surface area contributed by atoms with Crippen LogP contribution in [0.25, 0.3) is 0 Å². The maximum atomic E-state index is 12.6. The maximum absolute atomic E-state index is 12.6. The Morgan fingerprint density at radius 3 is 2.69 bits per heavy atom. The van der Waals surface area contributed by atoms with Gasteiger partial charge < -0.3 is 25.4 Å². The predicted molar refractivity (Wildman–Crippen MR) is 120 cm³/mol. The molecule has 11 nitrogen and oxygen atoms in total. The number of piperidine rings is 1. The number of halogens is 3. The van der Waals surface area contributed by atoms with E-state index in [9.17, 15) is 18.0 Å². The molecular formula is C22H25F3N8O3. The minimum absolute atomic E-state index is 0.0459. The van der Waals surface area contributed by atoms with Crippen LogP contribution in [-0.2, 0) is 0 Å². The molecule has 0 spiro atoms. The van der Waals surface area contributed by atoms with Crippen molar-refractivity contribution in [3.8, 4) is 17.8 Å². The van der Waals surface area contributed by atoms with Gasteiger partial charge in [0.25, 0.3) is 5.91 Å². The van der Waals surface area contributed by atoms with Crippen molar-refractivity contribution in [2.75, 3.05) is 43.5 Å². The van der Waals surface area contributed by atoms with Crippen LogP contribution < -0.4 is 25.4 Å². The number of nitrogens with zero attached hydrogens (tertiary/aromatic N) is 6. The Hall–Kier alpha value is -3.89. The van der Waals surface area contributed by atoms with Crippen LogP contribution in [0.3, 0.4) is 0 Å². The number of nitrogens with one attached hydrogen (secondary N) is 1. The van der Waals surface area contributed by atoms with Gasteiger partial charge in [-0.05, 0) is 25.2 Å². The lowest BCUT2D eigenvalue weighted by Crippen LogP contribution is -2.37. The Kier molecular flexibility index (Phi) is 7.56. The van der Waals surface area contributed by atoms with Crippen LogP contribution in [0.5, 0.6) is 11.8 Å². The summed E-state index contributed by atoms with van der Waals surface area (Å²) in [7, 11) is 0. The SMILES string of the molecule is N#C[C@@H]1C[C@@H]1COc1nc(C(=O)NCC(F)(F)F)cc(N2CCC(COc3cncnc3N)CC2)n1. The predicted octanol–water partition coefficient (Wildman–Crippen LogP) is 1.97. The second-order valence-corrected chi connectivity index (χ2v) is 8.75. The van der Waals surface area contributed by atoms with Crippen LogP contribution in [0, 0.1) is 29.1 Å². The van der Waals surface area contributed by atoms with E-state index in [4.69, 9.17) is 20.5 Å². The van der Waals surface area contributed by atoms with Crippen LogP contribution in [0.15, 0.2) is 18.6 Å². The molecule has 2 aromatic heterocycles. The quantitative estimate of drug-likeness (QED) is 0.516. The first-order valence-electron chi connectivity index (χ1n) is 11.4. The van der Waals surface area contributed by atoms with Gasteiger partial charge in [0.2, 0.25) is 0 Å². The van der Waals surface area contributed by atoms with E-state index in [2.05, 4.69) is 26.0 Å². The van der Waals surface area contributed by atoms with Crippen LogP contribution in [0.1, 0.15) is 29.8 Å². The molecule has 192 valence electrons. The van der Waals surface area contributed by atoms with E-state index in [1.165, 1.54) is 18.6 Å². The van der Waals surface area contributed by atoms with Crippen LogP contribution in [-0.4, -0.2) is 64.9 Å². The van der Waals surface area contributed by atoms with E-state index in [-0.39, 0.29) is 41.9 Å². The number of nitrogen functional groups attached to an aromatic ring is 1. The molecule has 3 N–H and O–H groups in total. The number of rotatable bonds is 9. The molecule has 4 rings (SSSR count). The van der Waals surface area contributed by atoms with Gasteiger partial charge in [0.1, 0.15) is 24.4 Å². The molecule has 0 unspecified atom stereocenters. The highest BCUT2D eigenvalue weighted by Crippen LogP contribution is 2.37. The Morgan fingerprint density at radius 1 is 1.25 bits per heavy atom. The first-order valence-corrected chi connectivity index (χ1v) is 11.4. The van der Waals surface area contributed by atoms with Gasteiger partial charge in [-0.15, -0.1) is 0 Å². The number of amides is 1. The summed E-state index contributed by atoms with van der Waals surface area (Å²) < 4.78 is 49.0. The zero-order chi connectivity index (χ0) is 25.7. The van der Waals surface area contributed by atoms with Crippen molar-refractivity contribution in [3.05, 3.63) is 24.3 Å². The van der Waals surface area contributed by atoms with Crippen molar-refractivity contribution in [3.63, 3.8) is 0 Å². The molecule has 36 heavy (non-hydrogen) atoms. The van der Waals surface area contributed by atoms with Crippen molar-refractivity contribution in [1.29, 1.82) is 5.26 Å². The lowest BCUT2D eigenvalue weighted by molar-refractivity contribution is -0.123. The fourth-order valence-electron chi connectivity index (χ4n) is 3.77. The zero-order valence-electron chi connectivity index (χ0n) is 19.2. The molecule has 0 bridgehead atoms. The average Bonchev–Trinajstić information content (AvgIpc) is 3.64. The van der Waals surface area contributed by atoms with Gasteiger partial charge in [0.15, 0.2) is 11.6 Å². The highest BCUT2D eigenvalue weighted by molar-refractivity contribution is 5.93. The van der Waals surface area contributed by atoms with Gasteiger partial charge >= 0.3 is 12.2 Å². The van der Waals surface area contributed by atoms with E-state index in [1.807, 2.05) is 10.2 Å². The first kappa shape index (κ1) is 25.2. The molecule has 2 atom stereocenters. The number of hydrogen-bond donors (Lipinski definition) is 2. The van der Waals surface area contributed by atoms with Gasteiger partial charge in [0, 0.05) is 25.1 Å². The van der Waals surface area contributed by atoms with E-state index >= 15 is 0 Å². The second-order valence-electron chi connectivity index (χ2n) is 8.75. The third kappa shape index (κ3) is 6.83. The fraction of sp³-hybridized carbons (Fsp3) is 0.545. The van der Waals surface area contributed by atoms with E-state index in [0.29, 0.717) is 37.7 Å². The van der Waals surface area contributed by atoms with Crippen LogP contribution in [0.2, 0.25) is 0 Å². The number of ether oxygens (including phenoxy) is 2. The summed E-state index contributed by atoms with van der Waals surface area (Å²) in [5, 5.41) is 10.8. The molecule has 1 aliphatic carbocycles. The number of anilines is 2. The largest absolute Gasteiger partial charge is 0.488 e. The monoisotopic (exact) mass is 506 g/mol. The Morgan fingerprint density at radius 2 is 2.03 bits per heavy atom. The highest BCUT2D eigenvalue weighted by Gasteiger charge is 2.38. The van der Waals surface area contributed by atoms with E-state index in [0.717, 1.165) is 12.8 Å².